The van der Waals surface area contributed by atoms with Crippen molar-refractivity contribution in [3.8, 4) is 0 Å². The maximum atomic E-state index is 10.4. The highest BCUT2D eigenvalue weighted by Gasteiger charge is 2.53. The second-order valence-electron chi connectivity index (χ2n) is 6.06. The van der Waals surface area contributed by atoms with Crippen LogP contribution in [0.1, 0.15) is 36.8 Å². The summed E-state index contributed by atoms with van der Waals surface area (Å²) in [6.07, 6.45) is 5.89. The fourth-order valence-corrected chi connectivity index (χ4v) is 4.11. The Morgan fingerprint density at radius 2 is 1.94 bits per heavy atom. The predicted molar refractivity (Wildman–Crippen MR) is 74.8 cm³/mol. The number of fused-ring (bicyclic) bond motifs is 1. The van der Waals surface area contributed by atoms with E-state index in [0.29, 0.717) is 5.92 Å². The molecule has 2 aliphatic carbocycles. The van der Waals surface area contributed by atoms with Crippen LogP contribution in [0, 0.1) is 24.7 Å². The molecule has 0 spiro atoms. The fourth-order valence-electron chi connectivity index (χ4n) is 3.80. The third kappa shape index (κ3) is 2.31. The van der Waals surface area contributed by atoms with E-state index in [2.05, 4.69) is 12.1 Å². The molecular formula is C16H21ClO. The number of hydrogen-bond acceptors (Lipinski definition) is 1. The van der Waals surface area contributed by atoms with Crippen molar-refractivity contribution in [1.29, 1.82) is 0 Å². The topological polar surface area (TPSA) is 20.2 Å². The Bertz CT molecular complexity index is 431. The van der Waals surface area contributed by atoms with Gasteiger partial charge in [-0.15, -0.1) is 0 Å². The lowest BCUT2D eigenvalue weighted by atomic mass is 10.0. The quantitative estimate of drug-likeness (QED) is 0.875. The minimum absolute atomic E-state index is 0.196. The molecule has 98 valence electrons. The maximum absolute atomic E-state index is 10.4. The van der Waals surface area contributed by atoms with Crippen LogP contribution in [0.4, 0.5) is 0 Å². The zero-order valence-corrected chi connectivity index (χ0v) is 11.7. The van der Waals surface area contributed by atoms with Crippen LogP contribution in [0.5, 0.6) is 0 Å². The molecule has 0 heterocycles. The molecule has 0 radical (unpaired) electrons. The number of halogens is 1. The van der Waals surface area contributed by atoms with Gasteiger partial charge in [-0.05, 0) is 54.7 Å². The first-order chi connectivity index (χ1) is 8.66. The van der Waals surface area contributed by atoms with Crippen LogP contribution >= 0.6 is 11.6 Å². The zero-order valence-electron chi connectivity index (χ0n) is 10.9. The van der Waals surface area contributed by atoms with Gasteiger partial charge in [-0.2, -0.15) is 0 Å². The van der Waals surface area contributed by atoms with Crippen LogP contribution in [-0.2, 0) is 6.42 Å². The van der Waals surface area contributed by atoms with Gasteiger partial charge < -0.3 is 5.11 Å². The van der Waals surface area contributed by atoms with Gasteiger partial charge in [0.15, 0.2) is 0 Å². The van der Waals surface area contributed by atoms with E-state index in [1.54, 1.807) is 0 Å². The Kier molecular flexibility index (Phi) is 3.38. The van der Waals surface area contributed by atoms with Crippen molar-refractivity contribution in [3.63, 3.8) is 0 Å². The zero-order chi connectivity index (χ0) is 12.7. The molecular weight excluding hydrogens is 244 g/mol. The molecule has 0 aliphatic heterocycles. The molecule has 1 aromatic rings. The van der Waals surface area contributed by atoms with Gasteiger partial charge in [0, 0.05) is 11.4 Å². The molecule has 2 fully saturated rings. The standard InChI is InChI=1S/C16H21ClO/c1-10-6-7-11(14(17)8-10)9-15(18)16-12-4-2-3-5-13(12)16/h6-8,12-13,15-16,18H,2-5,9H2,1H3. The van der Waals surface area contributed by atoms with E-state index in [1.165, 1.54) is 31.2 Å². The molecule has 2 aliphatic rings. The Morgan fingerprint density at radius 3 is 2.56 bits per heavy atom. The van der Waals surface area contributed by atoms with E-state index < -0.39 is 0 Å². The van der Waals surface area contributed by atoms with Gasteiger partial charge in [-0.25, -0.2) is 0 Å². The first kappa shape index (κ1) is 12.5. The summed E-state index contributed by atoms with van der Waals surface area (Å²) in [5.41, 5.74) is 2.27. The highest BCUT2D eigenvalue weighted by Crippen LogP contribution is 2.57. The van der Waals surface area contributed by atoms with E-state index in [9.17, 15) is 5.11 Å². The molecule has 0 bridgehead atoms. The molecule has 18 heavy (non-hydrogen) atoms. The first-order valence-corrected chi connectivity index (χ1v) is 7.47. The third-order valence-electron chi connectivity index (χ3n) is 4.80. The molecule has 3 rings (SSSR count). The molecule has 2 saturated carbocycles. The Balaban J connectivity index is 1.66. The first-order valence-electron chi connectivity index (χ1n) is 7.10. The summed E-state index contributed by atoms with van der Waals surface area (Å²) < 4.78 is 0. The number of aryl methyl sites for hydroxylation is 1. The molecule has 0 amide bonds. The van der Waals surface area contributed by atoms with Crippen LogP contribution in [0.15, 0.2) is 18.2 Å². The molecule has 3 atom stereocenters. The molecule has 0 saturated heterocycles. The third-order valence-corrected chi connectivity index (χ3v) is 5.16. The van der Waals surface area contributed by atoms with Crippen LogP contribution in [0.3, 0.4) is 0 Å². The van der Waals surface area contributed by atoms with Gasteiger partial charge in [0.25, 0.3) is 0 Å². The summed E-state index contributed by atoms with van der Waals surface area (Å²) in [5.74, 6) is 2.15. The maximum Gasteiger partial charge on any atom is 0.0614 e. The summed E-state index contributed by atoms with van der Waals surface area (Å²) in [6, 6.07) is 6.13. The van der Waals surface area contributed by atoms with Crippen molar-refractivity contribution in [2.24, 2.45) is 17.8 Å². The highest BCUT2D eigenvalue weighted by molar-refractivity contribution is 6.31. The second kappa shape index (κ2) is 4.86. The monoisotopic (exact) mass is 264 g/mol. The van der Waals surface area contributed by atoms with Crippen molar-refractivity contribution >= 4 is 11.6 Å². The average molecular weight is 265 g/mol. The molecule has 1 N–H and O–H groups in total. The molecule has 3 unspecified atom stereocenters. The summed E-state index contributed by atoms with van der Waals surface area (Å²) in [6.45, 7) is 2.04. The predicted octanol–water partition coefficient (Wildman–Crippen LogP) is 3.99. The number of benzene rings is 1. The van der Waals surface area contributed by atoms with E-state index in [-0.39, 0.29) is 6.10 Å². The van der Waals surface area contributed by atoms with Gasteiger partial charge in [0.2, 0.25) is 0 Å². The minimum Gasteiger partial charge on any atom is -0.392 e. The van der Waals surface area contributed by atoms with Crippen molar-refractivity contribution in [2.75, 3.05) is 0 Å². The van der Waals surface area contributed by atoms with E-state index in [0.717, 1.165) is 28.8 Å². The number of aliphatic hydroxyl groups excluding tert-OH is 1. The van der Waals surface area contributed by atoms with Crippen LogP contribution < -0.4 is 0 Å². The summed E-state index contributed by atoms with van der Waals surface area (Å²) in [5, 5.41) is 11.2. The van der Waals surface area contributed by atoms with Crippen LogP contribution in [-0.4, -0.2) is 11.2 Å². The van der Waals surface area contributed by atoms with E-state index >= 15 is 0 Å². The van der Waals surface area contributed by atoms with Crippen LogP contribution in [0.25, 0.3) is 0 Å². The normalized spacial score (nSPS) is 31.8. The fraction of sp³-hybridized carbons (Fsp3) is 0.625. The number of hydrogen-bond donors (Lipinski definition) is 1. The lowest BCUT2D eigenvalue weighted by Gasteiger charge is -2.12. The number of rotatable bonds is 3. The SMILES string of the molecule is Cc1ccc(CC(O)C2C3CCCCC32)c(Cl)c1. The van der Waals surface area contributed by atoms with Crippen molar-refractivity contribution in [2.45, 2.75) is 45.1 Å². The Morgan fingerprint density at radius 1 is 1.28 bits per heavy atom. The molecule has 1 aromatic carbocycles. The minimum atomic E-state index is -0.196. The smallest absolute Gasteiger partial charge is 0.0614 e. The van der Waals surface area contributed by atoms with Crippen LogP contribution in [0.2, 0.25) is 5.02 Å². The Hall–Kier alpha value is -0.530. The van der Waals surface area contributed by atoms with Crippen molar-refractivity contribution in [1.82, 2.24) is 0 Å². The van der Waals surface area contributed by atoms with Gasteiger partial charge in [-0.1, -0.05) is 36.6 Å². The van der Waals surface area contributed by atoms with Gasteiger partial charge in [0.05, 0.1) is 6.10 Å². The van der Waals surface area contributed by atoms with Crippen molar-refractivity contribution in [3.05, 3.63) is 34.3 Å². The van der Waals surface area contributed by atoms with E-state index in [4.69, 9.17) is 11.6 Å². The molecule has 1 nitrogen and oxygen atoms in total. The lowest BCUT2D eigenvalue weighted by Crippen LogP contribution is -2.15. The van der Waals surface area contributed by atoms with Crippen molar-refractivity contribution < 1.29 is 5.11 Å². The largest absolute Gasteiger partial charge is 0.392 e. The summed E-state index contributed by atoms with van der Waals surface area (Å²) >= 11 is 6.24. The summed E-state index contributed by atoms with van der Waals surface area (Å²) in [7, 11) is 0. The van der Waals surface area contributed by atoms with Gasteiger partial charge in [-0.3, -0.25) is 0 Å². The lowest BCUT2D eigenvalue weighted by molar-refractivity contribution is 0.140. The number of aliphatic hydroxyl groups is 1. The summed E-state index contributed by atoms with van der Waals surface area (Å²) in [4.78, 5) is 0. The Labute approximate surface area is 114 Å². The van der Waals surface area contributed by atoms with E-state index in [1.807, 2.05) is 13.0 Å². The average Bonchev–Trinajstić information content (AvgIpc) is 3.07. The second-order valence-corrected chi connectivity index (χ2v) is 6.46. The van der Waals surface area contributed by atoms with Gasteiger partial charge in [0.1, 0.15) is 0 Å². The highest BCUT2D eigenvalue weighted by atomic mass is 35.5. The molecule has 0 aromatic heterocycles. The molecule has 2 heteroatoms. The van der Waals surface area contributed by atoms with Gasteiger partial charge >= 0.3 is 0 Å².